The van der Waals surface area contributed by atoms with Gasteiger partial charge in [0.2, 0.25) is 11.8 Å². The number of nitrogens with one attached hydrogen (secondary N) is 1. The van der Waals surface area contributed by atoms with E-state index in [1.807, 2.05) is 6.07 Å². The van der Waals surface area contributed by atoms with E-state index in [9.17, 15) is 18.0 Å². The number of carbonyl (C=O) groups is 2. The summed E-state index contributed by atoms with van der Waals surface area (Å²) in [6, 6.07) is 4.69. The Kier molecular flexibility index (Phi) is 7.32. The van der Waals surface area contributed by atoms with Gasteiger partial charge in [0, 0.05) is 19.5 Å². The van der Waals surface area contributed by atoms with Gasteiger partial charge in [-0.2, -0.15) is 0 Å². The average Bonchev–Trinajstić information content (AvgIpc) is 2.57. The SMILES string of the molecule is CC(NC(=O)CCCc1ccc(Cl)c(Cl)c1)C(=O)N1CCS(=O)(=O)CC1. The van der Waals surface area contributed by atoms with E-state index in [-0.39, 0.29) is 42.8 Å². The first kappa shape index (κ1) is 21.0. The molecule has 1 saturated heterocycles. The normalized spacial score (nSPS) is 17.6. The number of amides is 2. The lowest BCUT2D eigenvalue weighted by Crippen LogP contribution is -2.51. The van der Waals surface area contributed by atoms with E-state index in [4.69, 9.17) is 23.2 Å². The maximum Gasteiger partial charge on any atom is 0.244 e. The molecule has 9 heteroatoms. The van der Waals surface area contributed by atoms with Gasteiger partial charge in [0.1, 0.15) is 6.04 Å². The Balaban J connectivity index is 1.74. The summed E-state index contributed by atoms with van der Waals surface area (Å²) < 4.78 is 22.8. The summed E-state index contributed by atoms with van der Waals surface area (Å²) in [6.45, 7) is 1.97. The minimum atomic E-state index is -3.04. The summed E-state index contributed by atoms with van der Waals surface area (Å²) in [5.74, 6) is -0.514. The quantitative estimate of drug-likeness (QED) is 0.763. The predicted octanol–water partition coefficient (Wildman–Crippen LogP) is 2.08. The molecular formula is C17H22Cl2N2O4S. The van der Waals surface area contributed by atoms with Gasteiger partial charge in [-0.05, 0) is 37.5 Å². The fourth-order valence-electron chi connectivity index (χ4n) is 2.73. The molecule has 26 heavy (non-hydrogen) atoms. The highest BCUT2D eigenvalue weighted by Gasteiger charge is 2.28. The minimum Gasteiger partial charge on any atom is -0.345 e. The van der Waals surface area contributed by atoms with Gasteiger partial charge in [-0.1, -0.05) is 29.3 Å². The molecule has 144 valence electrons. The third-order valence-electron chi connectivity index (χ3n) is 4.26. The third kappa shape index (κ3) is 6.14. The van der Waals surface area contributed by atoms with Crippen molar-refractivity contribution in [2.75, 3.05) is 24.6 Å². The number of nitrogens with zero attached hydrogens (tertiary/aromatic N) is 1. The fraction of sp³-hybridized carbons (Fsp3) is 0.529. The predicted molar refractivity (Wildman–Crippen MR) is 102 cm³/mol. The van der Waals surface area contributed by atoms with Gasteiger partial charge in [-0.3, -0.25) is 9.59 Å². The number of sulfone groups is 1. The Labute approximate surface area is 163 Å². The van der Waals surface area contributed by atoms with Crippen molar-refractivity contribution < 1.29 is 18.0 Å². The van der Waals surface area contributed by atoms with Crippen molar-refractivity contribution in [1.29, 1.82) is 0 Å². The second-order valence-electron chi connectivity index (χ2n) is 6.37. The standard InChI is InChI=1S/C17H22Cl2N2O4S/c1-12(17(23)21-7-9-26(24,25)10-8-21)20-16(22)4-2-3-13-5-6-14(18)15(19)11-13/h5-6,11-12H,2-4,7-10H2,1H3,(H,20,22). The molecule has 0 aliphatic carbocycles. The second-order valence-corrected chi connectivity index (χ2v) is 9.49. The highest BCUT2D eigenvalue weighted by Crippen LogP contribution is 2.23. The van der Waals surface area contributed by atoms with E-state index in [0.717, 1.165) is 5.56 Å². The first-order chi connectivity index (χ1) is 12.2. The van der Waals surface area contributed by atoms with Crippen molar-refractivity contribution in [2.24, 2.45) is 0 Å². The molecule has 0 bridgehead atoms. The zero-order valence-corrected chi connectivity index (χ0v) is 16.8. The molecule has 1 aliphatic heterocycles. The van der Waals surface area contributed by atoms with Crippen molar-refractivity contribution in [2.45, 2.75) is 32.2 Å². The maximum atomic E-state index is 12.3. The molecule has 1 unspecified atom stereocenters. The van der Waals surface area contributed by atoms with Crippen LogP contribution in [0.2, 0.25) is 10.0 Å². The molecule has 0 radical (unpaired) electrons. The number of carbonyl (C=O) groups excluding carboxylic acids is 2. The number of hydrogen-bond donors (Lipinski definition) is 1. The number of benzene rings is 1. The van der Waals surface area contributed by atoms with Crippen LogP contribution in [0.15, 0.2) is 18.2 Å². The van der Waals surface area contributed by atoms with Crippen molar-refractivity contribution in [3.8, 4) is 0 Å². The maximum absolute atomic E-state index is 12.3. The minimum absolute atomic E-state index is 0.0247. The van der Waals surface area contributed by atoms with Crippen LogP contribution in [-0.4, -0.2) is 55.8 Å². The lowest BCUT2D eigenvalue weighted by molar-refractivity contribution is -0.135. The van der Waals surface area contributed by atoms with Gasteiger partial charge >= 0.3 is 0 Å². The van der Waals surface area contributed by atoms with Crippen LogP contribution in [-0.2, 0) is 25.8 Å². The Morgan fingerprint density at radius 1 is 1.19 bits per heavy atom. The van der Waals surface area contributed by atoms with Gasteiger partial charge in [-0.25, -0.2) is 8.42 Å². The molecule has 2 amide bonds. The Morgan fingerprint density at radius 2 is 1.85 bits per heavy atom. The van der Waals surface area contributed by atoms with Crippen LogP contribution < -0.4 is 5.32 Å². The van der Waals surface area contributed by atoms with E-state index < -0.39 is 15.9 Å². The van der Waals surface area contributed by atoms with Gasteiger partial charge in [0.15, 0.2) is 9.84 Å². The van der Waals surface area contributed by atoms with E-state index in [2.05, 4.69) is 5.32 Å². The molecule has 1 N–H and O–H groups in total. The molecule has 1 aromatic rings. The van der Waals surface area contributed by atoms with Crippen LogP contribution in [0.5, 0.6) is 0 Å². The Hall–Kier alpha value is -1.31. The molecule has 1 aromatic carbocycles. The summed E-state index contributed by atoms with van der Waals surface area (Å²) in [7, 11) is -3.04. The Morgan fingerprint density at radius 3 is 2.46 bits per heavy atom. The van der Waals surface area contributed by atoms with E-state index >= 15 is 0 Å². The topological polar surface area (TPSA) is 83.6 Å². The van der Waals surface area contributed by atoms with Crippen LogP contribution in [0.4, 0.5) is 0 Å². The van der Waals surface area contributed by atoms with Crippen molar-refractivity contribution in [3.05, 3.63) is 33.8 Å². The highest BCUT2D eigenvalue weighted by molar-refractivity contribution is 7.91. The van der Waals surface area contributed by atoms with E-state index in [1.54, 1.807) is 19.1 Å². The van der Waals surface area contributed by atoms with Crippen LogP contribution in [0.3, 0.4) is 0 Å². The van der Waals surface area contributed by atoms with Gasteiger partial charge < -0.3 is 10.2 Å². The molecule has 0 aromatic heterocycles. The summed E-state index contributed by atoms with van der Waals surface area (Å²) in [5, 5.41) is 3.65. The summed E-state index contributed by atoms with van der Waals surface area (Å²) in [6.07, 6.45) is 1.58. The van der Waals surface area contributed by atoms with E-state index in [0.29, 0.717) is 22.9 Å². The largest absolute Gasteiger partial charge is 0.345 e. The fourth-order valence-corrected chi connectivity index (χ4v) is 4.25. The second kappa shape index (κ2) is 9.06. The summed E-state index contributed by atoms with van der Waals surface area (Å²) in [4.78, 5) is 25.8. The molecule has 1 aliphatic rings. The average molecular weight is 421 g/mol. The monoisotopic (exact) mass is 420 g/mol. The van der Waals surface area contributed by atoms with Crippen molar-refractivity contribution >= 4 is 44.9 Å². The highest BCUT2D eigenvalue weighted by atomic mass is 35.5. The van der Waals surface area contributed by atoms with Crippen LogP contribution in [0, 0.1) is 0 Å². The third-order valence-corrected chi connectivity index (χ3v) is 6.61. The molecule has 0 spiro atoms. The van der Waals surface area contributed by atoms with Gasteiger partial charge in [-0.15, -0.1) is 0 Å². The van der Waals surface area contributed by atoms with Gasteiger partial charge in [0.25, 0.3) is 0 Å². The van der Waals surface area contributed by atoms with Crippen molar-refractivity contribution in [3.63, 3.8) is 0 Å². The molecule has 0 saturated carbocycles. The summed E-state index contributed by atoms with van der Waals surface area (Å²) in [5.41, 5.74) is 0.992. The van der Waals surface area contributed by atoms with E-state index in [1.165, 1.54) is 4.90 Å². The number of aryl methyl sites for hydroxylation is 1. The lowest BCUT2D eigenvalue weighted by atomic mass is 10.1. The molecular weight excluding hydrogens is 399 g/mol. The molecule has 1 fully saturated rings. The summed E-state index contributed by atoms with van der Waals surface area (Å²) >= 11 is 11.8. The Bertz CT molecular complexity index is 769. The van der Waals surface area contributed by atoms with Crippen molar-refractivity contribution in [1.82, 2.24) is 10.2 Å². The zero-order valence-electron chi connectivity index (χ0n) is 14.5. The first-order valence-electron chi connectivity index (χ1n) is 8.40. The molecule has 1 atom stereocenters. The molecule has 2 rings (SSSR count). The van der Waals surface area contributed by atoms with Crippen LogP contribution in [0.25, 0.3) is 0 Å². The molecule has 1 heterocycles. The van der Waals surface area contributed by atoms with Gasteiger partial charge in [0.05, 0.1) is 21.6 Å². The first-order valence-corrected chi connectivity index (χ1v) is 11.0. The number of hydrogen-bond acceptors (Lipinski definition) is 4. The zero-order chi connectivity index (χ0) is 19.3. The van der Waals surface area contributed by atoms with Crippen LogP contribution >= 0.6 is 23.2 Å². The number of rotatable bonds is 6. The molecule has 6 nitrogen and oxygen atoms in total. The number of halogens is 2. The smallest absolute Gasteiger partial charge is 0.244 e. The lowest BCUT2D eigenvalue weighted by Gasteiger charge is -2.29. The van der Waals surface area contributed by atoms with Crippen LogP contribution in [0.1, 0.15) is 25.3 Å².